The average molecular weight is 277 g/mol. The van der Waals surface area contributed by atoms with Crippen LogP contribution >= 0.6 is 0 Å². The molecule has 2 rings (SSSR count). The molecule has 4 heteroatoms. The summed E-state index contributed by atoms with van der Waals surface area (Å²) < 4.78 is 24.4. The quantitative estimate of drug-likeness (QED) is 0.872. The second-order valence-electron chi connectivity index (χ2n) is 5.18. The Kier molecular flexibility index (Phi) is 4.79. The van der Waals surface area contributed by atoms with Crippen molar-refractivity contribution in [3.63, 3.8) is 0 Å². The van der Waals surface area contributed by atoms with Gasteiger partial charge in [-0.3, -0.25) is 0 Å². The summed E-state index contributed by atoms with van der Waals surface area (Å²) in [6, 6.07) is 7.14. The van der Waals surface area contributed by atoms with Gasteiger partial charge in [-0.15, -0.1) is 0 Å². The van der Waals surface area contributed by atoms with Crippen molar-refractivity contribution in [1.82, 2.24) is 5.32 Å². The number of hydrogen-bond donors (Lipinski definition) is 1. The fourth-order valence-electron chi connectivity index (χ4n) is 1.79. The van der Waals surface area contributed by atoms with Crippen LogP contribution in [0.15, 0.2) is 34.9 Å². The Bertz CT molecular complexity index is 563. The highest BCUT2D eigenvalue weighted by molar-refractivity contribution is 5.29. The van der Waals surface area contributed by atoms with Crippen molar-refractivity contribution in [3.8, 4) is 5.75 Å². The lowest BCUT2D eigenvalue weighted by molar-refractivity contribution is 0.258. The molecule has 0 amide bonds. The topological polar surface area (TPSA) is 34.4 Å². The zero-order valence-electron chi connectivity index (χ0n) is 12.1. The smallest absolute Gasteiger partial charge is 0.165 e. The summed E-state index contributed by atoms with van der Waals surface area (Å²) in [5, 5.41) is 3.30. The Morgan fingerprint density at radius 1 is 1.30 bits per heavy atom. The van der Waals surface area contributed by atoms with E-state index >= 15 is 0 Å². The predicted octanol–water partition coefficient (Wildman–Crippen LogP) is 3.80. The molecule has 0 saturated heterocycles. The summed E-state index contributed by atoms with van der Waals surface area (Å²) in [4.78, 5) is 0. The molecular weight excluding hydrogens is 257 g/mol. The Morgan fingerprint density at radius 2 is 2.10 bits per heavy atom. The SMILES string of the molecule is Cc1ccc(F)c(OCc2cc(CNC(C)C)co2)c1. The first kappa shape index (κ1) is 14.6. The van der Waals surface area contributed by atoms with Crippen molar-refractivity contribution >= 4 is 0 Å². The first-order valence-electron chi connectivity index (χ1n) is 6.73. The molecule has 0 spiro atoms. The molecule has 0 aliphatic rings. The Morgan fingerprint density at radius 3 is 2.85 bits per heavy atom. The molecule has 0 saturated carbocycles. The van der Waals surface area contributed by atoms with Crippen molar-refractivity contribution < 1.29 is 13.5 Å². The van der Waals surface area contributed by atoms with Gasteiger partial charge in [0, 0.05) is 18.2 Å². The van der Waals surface area contributed by atoms with Crippen LogP contribution in [0.2, 0.25) is 0 Å². The maximum atomic E-state index is 13.5. The van der Waals surface area contributed by atoms with Crippen LogP contribution in [0.3, 0.4) is 0 Å². The van der Waals surface area contributed by atoms with Gasteiger partial charge < -0.3 is 14.5 Å². The van der Waals surface area contributed by atoms with Crippen LogP contribution < -0.4 is 10.1 Å². The van der Waals surface area contributed by atoms with Crippen LogP contribution in [-0.2, 0) is 13.2 Å². The van der Waals surface area contributed by atoms with E-state index in [0.29, 0.717) is 11.8 Å². The summed E-state index contributed by atoms with van der Waals surface area (Å²) in [7, 11) is 0. The number of nitrogens with one attached hydrogen (secondary N) is 1. The van der Waals surface area contributed by atoms with Crippen molar-refractivity contribution in [2.45, 2.75) is 40.0 Å². The maximum absolute atomic E-state index is 13.5. The molecule has 0 bridgehead atoms. The molecule has 1 aromatic heterocycles. The van der Waals surface area contributed by atoms with Crippen molar-refractivity contribution in [2.75, 3.05) is 0 Å². The van der Waals surface area contributed by atoms with Gasteiger partial charge in [0.05, 0.1) is 6.26 Å². The van der Waals surface area contributed by atoms with Crippen LogP contribution in [0.25, 0.3) is 0 Å². The monoisotopic (exact) mass is 277 g/mol. The van der Waals surface area contributed by atoms with Crippen LogP contribution in [0.1, 0.15) is 30.7 Å². The molecule has 20 heavy (non-hydrogen) atoms. The second kappa shape index (κ2) is 6.57. The van der Waals surface area contributed by atoms with Gasteiger partial charge in [0.2, 0.25) is 0 Å². The van der Waals surface area contributed by atoms with Crippen molar-refractivity contribution in [1.29, 1.82) is 0 Å². The van der Waals surface area contributed by atoms with E-state index < -0.39 is 0 Å². The molecular formula is C16H20FNO2. The van der Waals surface area contributed by atoms with Crippen LogP contribution in [0.5, 0.6) is 5.75 Å². The molecule has 0 unspecified atom stereocenters. The van der Waals surface area contributed by atoms with Gasteiger partial charge in [-0.05, 0) is 30.7 Å². The van der Waals surface area contributed by atoms with Gasteiger partial charge >= 0.3 is 0 Å². The number of ether oxygens (including phenoxy) is 1. The lowest BCUT2D eigenvalue weighted by Gasteiger charge is -2.06. The molecule has 0 fully saturated rings. The van der Waals surface area contributed by atoms with Gasteiger partial charge in [0.25, 0.3) is 0 Å². The normalized spacial score (nSPS) is 11.1. The van der Waals surface area contributed by atoms with E-state index in [2.05, 4.69) is 19.2 Å². The van der Waals surface area contributed by atoms with Gasteiger partial charge in [-0.1, -0.05) is 19.9 Å². The highest BCUT2D eigenvalue weighted by Gasteiger charge is 2.07. The van der Waals surface area contributed by atoms with E-state index in [1.165, 1.54) is 6.07 Å². The number of aryl methyl sites for hydroxylation is 1. The number of rotatable bonds is 6. The van der Waals surface area contributed by atoms with Crippen LogP contribution in [0.4, 0.5) is 4.39 Å². The Balaban J connectivity index is 1.92. The lowest BCUT2D eigenvalue weighted by atomic mass is 10.2. The van der Waals surface area contributed by atoms with Crippen LogP contribution in [-0.4, -0.2) is 6.04 Å². The number of halogens is 1. The molecule has 1 heterocycles. The molecule has 1 N–H and O–H groups in total. The summed E-state index contributed by atoms with van der Waals surface area (Å²) in [5.74, 6) is 0.582. The number of furan rings is 1. The minimum atomic E-state index is -0.358. The number of hydrogen-bond acceptors (Lipinski definition) is 3. The molecule has 0 radical (unpaired) electrons. The lowest BCUT2D eigenvalue weighted by Crippen LogP contribution is -2.21. The van der Waals surface area contributed by atoms with E-state index in [4.69, 9.17) is 9.15 Å². The van der Waals surface area contributed by atoms with E-state index in [9.17, 15) is 4.39 Å². The second-order valence-corrected chi connectivity index (χ2v) is 5.18. The highest BCUT2D eigenvalue weighted by Crippen LogP contribution is 2.20. The highest BCUT2D eigenvalue weighted by atomic mass is 19.1. The first-order chi connectivity index (χ1) is 9.54. The van der Waals surface area contributed by atoms with Crippen molar-refractivity contribution in [3.05, 3.63) is 53.2 Å². The standard InChI is InChI=1S/C16H20FNO2/c1-11(2)18-8-13-7-14(19-9-13)10-20-16-6-12(3)4-5-15(16)17/h4-7,9,11,18H,8,10H2,1-3H3. The summed E-state index contributed by atoms with van der Waals surface area (Å²) >= 11 is 0. The molecule has 108 valence electrons. The zero-order valence-corrected chi connectivity index (χ0v) is 12.1. The van der Waals surface area contributed by atoms with Gasteiger partial charge in [-0.25, -0.2) is 4.39 Å². The van der Waals surface area contributed by atoms with E-state index in [1.807, 2.05) is 13.0 Å². The Hall–Kier alpha value is -1.81. The van der Waals surface area contributed by atoms with Gasteiger partial charge in [0.15, 0.2) is 11.6 Å². The average Bonchev–Trinajstić information content (AvgIpc) is 2.85. The third-order valence-electron chi connectivity index (χ3n) is 2.88. The van der Waals surface area contributed by atoms with Gasteiger partial charge in [-0.2, -0.15) is 0 Å². The summed E-state index contributed by atoms with van der Waals surface area (Å²) in [5.41, 5.74) is 2.02. The molecule has 0 aliphatic carbocycles. The fraction of sp³-hybridized carbons (Fsp3) is 0.375. The summed E-state index contributed by atoms with van der Waals surface area (Å²) in [6.07, 6.45) is 1.70. The fourth-order valence-corrected chi connectivity index (χ4v) is 1.79. The van der Waals surface area contributed by atoms with E-state index in [1.54, 1.807) is 18.4 Å². The molecule has 3 nitrogen and oxygen atoms in total. The summed E-state index contributed by atoms with van der Waals surface area (Å²) in [6.45, 7) is 7.05. The number of benzene rings is 1. The third kappa shape index (κ3) is 4.10. The minimum Gasteiger partial charge on any atom is -0.483 e. The van der Waals surface area contributed by atoms with E-state index in [-0.39, 0.29) is 18.2 Å². The largest absolute Gasteiger partial charge is 0.483 e. The predicted molar refractivity (Wildman–Crippen MR) is 76.2 cm³/mol. The van der Waals surface area contributed by atoms with Gasteiger partial charge in [0.1, 0.15) is 12.4 Å². The van der Waals surface area contributed by atoms with E-state index in [0.717, 1.165) is 17.7 Å². The van der Waals surface area contributed by atoms with Crippen LogP contribution in [0, 0.1) is 12.7 Å². The molecule has 0 atom stereocenters. The molecule has 1 aromatic carbocycles. The Labute approximate surface area is 118 Å². The first-order valence-corrected chi connectivity index (χ1v) is 6.73. The molecule has 0 aliphatic heterocycles. The minimum absolute atomic E-state index is 0.224. The maximum Gasteiger partial charge on any atom is 0.165 e. The van der Waals surface area contributed by atoms with Crippen molar-refractivity contribution in [2.24, 2.45) is 0 Å². The zero-order chi connectivity index (χ0) is 14.5. The third-order valence-corrected chi connectivity index (χ3v) is 2.88. The molecule has 2 aromatic rings.